The Morgan fingerprint density at radius 3 is 1.09 bits per heavy atom. The van der Waals surface area contributed by atoms with Crippen LogP contribution < -0.4 is 0 Å². The number of hydrogen-bond acceptors (Lipinski definition) is 5. The van der Waals surface area contributed by atoms with Crippen LogP contribution in [0.5, 0.6) is 0 Å². The van der Waals surface area contributed by atoms with E-state index in [1.165, 1.54) is 173 Å². The minimum atomic E-state index is -0.551. The summed E-state index contributed by atoms with van der Waals surface area (Å²) >= 11 is 0. The average Bonchev–Trinajstić information content (AvgIpc) is 3.34. The summed E-state index contributed by atoms with van der Waals surface area (Å²) in [6.45, 7) is 7.68. The molecule has 0 saturated heterocycles. The first-order valence-corrected chi connectivity index (χ1v) is 29.5. The van der Waals surface area contributed by atoms with Crippen molar-refractivity contribution in [2.45, 2.75) is 297 Å². The van der Waals surface area contributed by atoms with Crippen molar-refractivity contribution in [3.8, 4) is 0 Å². The molecule has 0 rings (SSSR count). The number of esters is 2. The summed E-state index contributed by atoms with van der Waals surface area (Å²) in [4.78, 5) is 25.5. The van der Waals surface area contributed by atoms with Crippen LogP contribution in [0.15, 0.2) is 72.9 Å². The molecule has 5 heteroatoms. The molecule has 0 aliphatic heterocycles. The highest BCUT2D eigenvalue weighted by Crippen LogP contribution is 2.16. The van der Waals surface area contributed by atoms with Gasteiger partial charge in [-0.25, -0.2) is 0 Å². The van der Waals surface area contributed by atoms with Crippen molar-refractivity contribution in [1.82, 2.24) is 0 Å². The molecule has 0 bridgehead atoms. The molecule has 68 heavy (non-hydrogen) atoms. The molecule has 0 aromatic heterocycles. The van der Waals surface area contributed by atoms with Crippen molar-refractivity contribution in [2.24, 2.45) is 0 Å². The second kappa shape index (κ2) is 58.7. The topological polar surface area (TPSA) is 61.8 Å². The number of rotatable bonds is 54. The molecule has 394 valence electrons. The number of carbonyl (C=O) groups excluding carboxylic acids is 2. The largest absolute Gasteiger partial charge is 0.462 e. The molecule has 0 saturated carbocycles. The van der Waals surface area contributed by atoms with Crippen LogP contribution in [0, 0.1) is 0 Å². The Kier molecular flexibility index (Phi) is 56.4. The van der Waals surface area contributed by atoms with Crippen LogP contribution in [0.25, 0.3) is 0 Å². The van der Waals surface area contributed by atoms with Crippen LogP contribution in [-0.2, 0) is 23.8 Å². The molecule has 0 fully saturated rings. The van der Waals surface area contributed by atoms with E-state index in [4.69, 9.17) is 14.2 Å². The maximum absolute atomic E-state index is 12.9. The van der Waals surface area contributed by atoms with Gasteiger partial charge in [-0.1, -0.05) is 261 Å². The Balaban J connectivity index is 4.31. The van der Waals surface area contributed by atoms with E-state index in [0.29, 0.717) is 19.4 Å². The maximum atomic E-state index is 12.9. The van der Waals surface area contributed by atoms with Crippen LogP contribution >= 0.6 is 0 Å². The molecule has 0 amide bonds. The molecule has 0 N–H and O–H groups in total. The minimum Gasteiger partial charge on any atom is -0.462 e. The molecule has 0 heterocycles. The van der Waals surface area contributed by atoms with E-state index >= 15 is 0 Å². The molecule has 1 atom stereocenters. The third-order valence-corrected chi connectivity index (χ3v) is 12.7. The Bertz CT molecular complexity index is 1210. The first-order chi connectivity index (χ1) is 33.6. The van der Waals surface area contributed by atoms with Gasteiger partial charge in [-0.15, -0.1) is 0 Å². The van der Waals surface area contributed by atoms with Gasteiger partial charge in [-0.2, -0.15) is 0 Å². The van der Waals surface area contributed by atoms with Gasteiger partial charge in [0.25, 0.3) is 0 Å². The lowest BCUT2D eigenvalue weighted by atomic mass is 10.0. The first kappa shape index (κ1) is 65.3. The SMILES string of the molecule is CC/C=C\C/C=C\C/C=C\C/C=C\CCCCCCCOCC(COC(=O)CCCCCCCCC/C=C\C/C=C\CCCCC)OC(=O)CCCCCCCCCCCCCCCCCCC. The quantitative estimate of drug-likeness (QED) is 0.0345. The van der Waals surface area contributed by atoms with Crippen LogP contribution in [0.4, 0.5) is 0 Å². The van der Waals surface area contributed by atoms with E-state index in [1.54, 1.807) is 0 Å². The second-order valence-electron chi connectivity index (χ2n) is 19.5. The summed E-state index contributed by atoms with van der Waals surface area (Å²) in [5, 5.41) is 0. The Morgan fingerprint density at radius 2 is 0.662 bits per heavy atom. The summed E-state index contributed by atoms with van der Waals surface area (Å²) in [6, 6.07) is 0. The molecular formula is C63H112O5. The van der Waals surface area contributed by atoms with Crippen molar-refractivity contribution < 1.29 is 23.8 Å². The van der Waals surface area contributed by atoms with E-state index in [-0.39, 0.29) is 25.2 Å². The minimum absolute atomic E-state index is 0.0740. The van der Waals surface area contributed by atoms with Gasteiger partial charge in [0.1, 0.15) is 6.61 Å². The van der Waals surface area contributed by atoms with E-state index in [0.717, 1.165) is 83.5 Å². The van der Waals surface area contributed by atoms with Crippen LogP contribution in [0.2, 0.25) is 0 Å². The smallest absolute Gasteiger partial charge is 0.306 e. The molecule has 1 unspecified atom stereocenters. The van der Waals surface area contributed by atoms with E-state index in [9.17, 15) is 9.59 Å². The van der Waals surface area contributed by atoms with Gasteiger partial charge in [0, 0.05) is 19.4 Å². The lowest BCUT2D eigenvalue weighted by molar-refractivity contribution is -0.163. The zero-order valence-electron chi connectivity index (χ0n) is 45.4. The van der Waals surface area contributed by atoms with Crippen LogP contribution in [0.3, 0.4) is 0 Å². The third-order valence-electron chi connectivity index (χ3n) is 12.7. The van der Waals surface area contributed by atoms with Gasteiger partial charge in [-0.3, -0.25) is 9.59 Å². The summed E-state index contributed by atoms with van der Waals surface area (Å²) in [5.41, 5.74) is 0. The number of hydrogen-bond donors (Lipinski definition) is 0. The monoisotopic (exact) mass is 949 g/mol. The van der Waals surface area contributed by atoms with Gasteiger partial charge in [0.2, 0.25) is 0 Å². The van der Waals surface area contributed by atoms with Crippen LogP contribution in [-0.4, -0.2) is 37.9 Å². The van der Waals surface area contributed by atoms with Crippen LogP contribution in [0.1, 0.15) is 290 Å². The van der Waals surface area contributed by atoms with Crippen molar-refractivity contribution in [2.75, 3.05) is 19.8 Å². The van der Waals surface area contributed by atoms with Crippen molar-refractivity contribution in [1.29, 1.82) is 0 Å². The number of unbranched alkanes of at least 4 members (excludes halogenated alkanes) is 31. The van der Waals surface area contributed by atoms with E-state index in [2.05, 4.69) is 93.7 Å². The normalized spacial score (nSPS) is 12.7. The van der Waals surface area contributed by atoms with Gasteiger partial charge in [0.15, 0.2) is 6.10 Å². The first-order valence-electron chi connectivity index (χ1n) is 29.5. The van der Waals surface area contributed by atoms with Crippen molar-refractivity contribution >= 4 is 11.9 Å². The van der Waals surface area contributed by atoms with Crippen molar-refractivity contribution in [3.63, 3.8) is 0 Å². The second-order valence-corrected chi connectivity index (χ2v) is 19.5. The highest BCUT2D eigenvalue weighted by atomic mass is 16.6. The lowest BCUT2D eigenvalue weighted by Gasteiger charge is -2.18. The van der Waals surface area contributed by atoms with Gasteiger partial charge in [0.05, 0.1) is 6.61 Å². The predicted octanol–water partition coefficient (Wildman–Crippen LogP) is 20.2. The van der Waals surface area contributed by atoms with Gasteiger partial charge < -0.3 is 14.2 Å². The number of allylic oxidation sites excluding steroid dienone is 12. The number of carbonyl (C=O) groups is 2. The summed E-state index contributed by atoms with van der Waals surface area (Å²) < 4.78 is 17.5. The molecule has 0 radical (unpaired) electrons. The number of ether oxygens (including phenoxy) is 3. The van der Waals surface area contributed by atoms with E-state index < -0.39 is 6.10 Å². The fourth-order valence-corrected chi connectivity index (χ4v) is 8.36. The fraction of sp³-hybridized carbons (Fsp3) is 0.778. The van der Waals surface area contributed by atoms with Gasteiger partial charge >= 0.3 is 11.9 Å². The summed E-state index contributed by atoms with van der Waals surface area (Å²) in [7, 11) is 0. The molecule has 0 aromatic carbocycles. The maximum Gasteiger partial charge on any atom is 0.306 e. The molecule has 0 aliphatic rings. The Hall–Kier alpha value is -2.66. The molecule has 0 aromatic rings. The highest BCUT2D eigenvalue weighted by Gasteiger charge is 2.17. The Labute approximate surface area is 423 Å². The zero-order chi connectivity index (χ0) is 49.2. The predicted molar refractivity (Wildman–Crippen MR) is 297 cm³/mol. The standard InChI is InChI=1S/C63H112O5/c1-4-7-10-13-16-19-22-25-28-31-34-37-40-43-46-49-52-55-58-66-59-61(68-63(65)57-54-51-48-45-42-39-36-33-30-27-24-21-18-15-12-9-6-3)60-67-62(64)56-53-50-47-44-41-38-35-32-29-26-23-20-17-14-11-8-5-2/h7,10,16-17,19-20,25-26,28-29,34,37,61H,4-6,8-9,11-15,18,21-24,27,30-33,35-36,38-60H2,1-3H3/b10-7-,19-16-,20-17-,28-25-,29-26-,37-34-. The Morgan fingerprint density at radius 1 is 0.338 bits per heavy atom. The average molecular weight is 950 g/mol. The molecular weight excluding hydrogens is 837 g/mol. The third kappa shape index (κ3) is 55.9. The molecule has 0 spiro atoms. The molecule has 0 aliphatic carbocycles. The summed E-state index contributed by atoms with van der Waals surface area (Å²) in [5.74, 6) is -0.405. The zero-order valence-corrected chi connectivity index (χ0v) is 45.4. The highest BCUT2D eigenvalue weighted by molar-refractivity contribution is 5.70. The fourth-order valence-electron chi connectivity index (χ4n) is 8.36. The molecule has 5 nitrogen and oxygen atoms in total. The lowest BCUT2D eigenvalue weighted by Crippen LogP contribution is -2.30. The van der Waals surface area contributed by atoms with Gasteiger partial charge in [-0.05, 0) is 89.9 Å². The van der Waals surface area contributed by atoms with Crippen molar-refractivity contribution in [3.05, 3.63) is 72.9 Å². The summed E-state index contributed by atoms with van der Waals surface area (Å²) in [6.07, 6.45) is 76.4. The van der Waals surface area contributed by atoms with E-state index in [1.807, 2.05) is 0 Å².